The highest BCUT2D eigenvalue weighted by Gasteiger charge is 2.21. The summed E-state index contributed by atoms with van der Waals surface area (Å²) in [6, 6.07) is 11.5. The molecule has 1 amide bonds. The topological polar surface area (TPSA) is 59.2 Å². The van der Waals surface area contributed by atoms with Crippen molar-refractivity contribution in [2.75, 3.05) is 6.54 Å². The van der Waals surface area contributed by atoms with Crippen LogP contribution in [0.4, 0.5) is 0 Å². The predicted molar refractivity (Wildman–Crippen MR) is 95.4 cm³/mol. The molecule has 25 heavy (non-hydrogen) atoms. The third kappa shape index (κ3) is 4.45. The van der Waals surface area contributed by atoms with E-state index in [1.54, 1.807) is 24.2 Å². The van der Waals surface area contributed by atoms with Crippen molar-refractivity contribution in [2.24, 2.45) is 0 Å². The highest BCUT2D eigenvalue weighted by atomic mass is 35.5. The molecule has 2 aromatic heterocycles. The molecule has 6 heteroatoms. The number of amides is 1. The van der Waals surface area contributed by atoms with E-state index in [9.17, 15) is 4.79 Å². The van der Waals surface area contributed by atoms with Crippen molar-refractivity contribution >= 4 is 17.5 Å². The van der Waals surface area contributed by atoms with Gasteiger partial charge in [-0.05, 0) is 48.7 Å². The van der Waals surface area contributed by atoms with E-state index in [1.165, 1.54) is 6.39 Å². The van der Waals surface area contributed by atoms with Crippen molar-refractivity contribution in [3.63, 3.8) is 0 Å². The lowest BCUT2D eigenvalue weighted by Crippen LogP contribution is -2.33. The lowest BCUT2D eigenvalue weighted by atomic mass is 10.1. The molecule has 0 aliphatic carbocycles. The van der Waals surface area contributed by atoms with Crippen LogP contribution in [0.25, 0.3) is 0 Å². The number of pyridine rings is 1. The summed E-state index contributed by atoms with van der Waals surface area (Å²) in [5, 5.41) is 0.701. The molecule has 0 unspecified atom stereocenters. The number of hydrogen-bond acceptors (Lipinski definition) is 4. The monoisotopic (exact) mass is 355 g/mol. The number of aryl methyl sites for hydroxylation is 1. The zero-order valence-electron chi connectivity index (χ0n) is 13.9. The second kappa shape index (κ2) is 7.94. The summed E-state index contributed by atoms with van der Waals surface area (Å²) in [6.45, 7) is 2.79. The lowest BCUT2D eigenvalue weighted by Gasteiger charge is -2.22. The summed E-state index contributed by atoms with van der Waals surface area (Å²) in [5.74, 6) is 0.383. The smallest absolute Gasteiger partial charge is 0.276 e. The first-order chi connectivity index (χ1) is 12.1. The van der Waals surface area contributed by atoms with Gasteiger partial charge in [0.25, 0.3) is 5.91 Å². The highest BCUT2D eigenvalue weighted by Crippen LogP contribution is 2.15. The maximum Gasteiger partial charge on any atom is 0.276 e. The summed E-state index contributed by atoms with van der Waals surface area (Å²) in [6.07, 6.45) is 5.47. The van der Waals surface area contributed by atoms with Gasteiger partial charge >= 0.3 is 0 Å². The predicted octanol–water partition coefficient (Wildman–Crippen LogP) is 3.92. The largest absolute Gasteiger partial charge is 0.448 e. The fraction of sp³-hybridized carbons (Fsp3) is 0.211. The van der Waals surface area contributed by atoms with Crippen molar-refractivity contribution < 1.29 is 9.21 Å². The molecule has 3 aromatic rings. The number of nitrogens with zero attached hydrogens (tertiary/aromatic N) is 3. The highest BCUT2D eigenvalue weighted by molar-refractivity contribution is 6.30. The van der Waals surface area contributed by atoms with Gasteiger partial charge in [0, 0.05) is 30.5 Å². The number of carbonyl (C=O) groups is 1. The van der Waals surface area contributed by atoms with Gasteiger partial charge in [0.05, 0.1) is 0 Å². The summed E-state index contributed by atoms with van der Waals surface area (Å²) < 4.78 is 5.18. The summed E-state index contributed by atoms with van der Waals surface area (Å²) in [7, 11) is 0. The number of carbonyl (C=O) groups excluding carboxylic acids is 1. The van der Waals surface area contributed by atoms with Crippen molar-refractivity contribution in [1.29, 1.82) is 0 Å². The Hall–Kier alpha value is -2.66. The van der Waals surface area contributed by atoms with Crippen LogP contribution in [0.5, 0.6) is 0 Å². The fourth-order valence-electron chi connectivity index (χ4n) is 2.54. The Kier molecular flexibility index (Phi) is 5.46. The van der Waals surface area contributed by atoms with Gasteiger partial charge in [-0.3, -0.25) is 9.78 Å². The first-order valence-corrected chi connectivity index (χ1v) is 8.34. The minimum Gasteiger partial charge on any atom is -0.448 e. The van der Waals surface area contributed by atoms with Crippen molar-refractivity contribution in [3.05, 3.63) is 82.8 Å². The Labute approximate surface area is 151 Å². The summed E-state index contributed by atoms with van der Waals surface area (Å²) >= 11 is 5.93. The molecule has 3 rings (SSSR count). The maximum absolute atomic E-state index is 12.9. The first kappa shape index (κ1) is 17.2. The molecule has 0 radical (unpaired) electrons. The Morgan fingerprint density at radius 1 is 1.12 bits per heavy atom. The number of benzene rings is 1. The number of halogens is 1. The van der Waals surface area contributed by atoms with Crippen LogP contribution < -0.4 is 0 Å². The van der Waals surface area contributed by atoms with Crippen LogP contribution in [0.2, 0.25) is 5.02 Å². The Bertz CT molecular complexity index is 831. The van der Waals surface area contributed by atoms with Crippen LogP contribution in [0, 0.1) is 6.92 Å². The number of oxazole rings is 1. The molecule has 0 spiro atoms. The van der Waals surface area contributed by atoms with Crippen LogP contribution in [0.3, 0.4) is 0 Å². The third-order valence-corrected chi connectivity index (χ3v) is 4.19. The zero-order valence-corrected chi connectivity index (χ0v) is 14.6. The molecular weight excluding hydrogens is 338 g/mol. The molecule has 0 aliphatic heterocycles. The molecule has 0 atom stereocenters. The molecule has 0 fully saturated rings. The first-order valence-electron chi connectivity index (χ1n) is 7.96. The Balaban J connectivity index is 1.77. The van der Waals surface area contributed by atoms with Crippen LogP contribution in [0.1, 0.15) is 27.4 Å². The molecule has 1 aromatic carbocycles. The van der Waals surface area contributed by atoms with E-state index in [0.717, 1.165) is 17.5 Å². The Morgan fingerprint density at radius 2 is 1.84 bits per heavy atom. The van der Waals surface area contributed by atoms with Gasteiger partial charge in [0.15, 0.2) is 12.1 Å². The van der Waals surface area contributed by atoms with Gasteiger partial charge in [0.2, 0.25) is 0 Å². The van der Waals surface area contributed by atoms with E-state index in [2.05, 4.69) is 9.97 Å². The second-order valence-electron chi connectivity index (χ2n) is 5.72. The van der Waals surface area contributed by atoms with Crippen LogP contribution in [0.15, 0.2) is 59.6 Å². The quantitative estimate of drug-likeness (QED) is 0.672. The number of hydrogen-bond donors (Lipinski definition) is 0. The molecule has 128 valence electrons. The van der Waals surface area contributed by atoms with Crippen LogP contribution in [-0.4, -0.2) is 27.3 Å². The van der Waals surface area contributed by atoms with Gasteiger partial charge in [0.1, 0.15) is 5.76 Å². The van der Waals surface area contributed by atoms with Crippen LogP contribution >= 0.6 is 11.6 Å². The van der Waals surface area contributed by atoms with E-state index in [0.29, 0.717) is 29.6 Å². The van der Waals surface area contributed by atoms with E-state index in [-0.39, 0.29) is 5.91 Å². The minimum atomic E-state index is -0.142. The molecular formula is C19H18ClN3O2. The van der Waals surface area contributed by atoms with Crippen molar-refractivity contribution in [3.8, 4) is 0 Å². The molecule has 5 nitrogen and oxygen atoms in total. The third-order valence-electron chi connectivity index (χ3n) is 3.94. The van der Waals surface area contributed by atoms with E-state index >= 15 is 0 Å². The molecule has 0 bridgehead atoms. The summed E-state index contributed by atoms with van der Waals surface area (Å²) in [4.78, 5) is 22.7. The van der Waals surface area contributed by atoms with Crippen molar-refractivity contribution in [2.45, 2.75) is 19.9 Å². The average molecular weight is 356 g/mol. The maximum atomic E-state index is 12.9. The molecule has 0 saturated heterocycles. The fourth-order valence-corrected chi connectivity index (χ4v) is 2.66. The van der Waals surface area contributed by atoms with E-state index in [1.807, 2.05) is 36.4 Å². The standard InChI is InChI=1S/C19H18ClN3O2/c1-14-18(22-13-25-14)19(24)23(12-16-6-9-21-10-7-16)11-8-15-2-4-17(20)5-3-15/h2-7,9-10,13H,8,11-12H2,1H3. The number of rotatable bonds is 6. The zero-order chi connectivity index (χ0) is 17.6. The van der Waals surface area contributed by atoms with Gasteiger partial charge in [-0.2, -0.15) is 0 Å². The molecule has 2 heterocycles. The van der Waals surface area contributed by atoms with Gasteiger partial charge < -0.3 is 9.32 Å². The van der Waals surface area contributed by atoms with Gasteiger partial charge in [-0.25, -0.2) is 4.98 Å². The van der Waals surface area contributed by atoms with Crippen LogP contribution in [-0.2, 0) is 13.0 Å². The molecule has 0 aliphatic rings. The summed E-state index contributed by atoms with van der Waals surface area (Å²) in [5.41, 5.74) is 2.49. The average Bonchev–Trinajstić information content (AvgIpc) is 3.06. The van der Waals surface area contributed by atoms with E-state index in [4.69, 9.17) is 16.0 Å². The van der Waals surface area contributed by atoms with Gasteiger partial charge in [-0.1, -0.05) is 23.7 Å². The molecule has 0 N–H and O–H groups in total. The normalized spacial score (nSPS) is 10.6. The Morgan fingerprint density at radius 3 is 2.48 bits per heavy atom. The minimum absolute atomic E-state index is 0.142. The molecule has 0 saturated carbocycles. The van der Waals surface area contributed by atoms with E-state index < -0.39 is 0 Å². The number of aromatic nitrogens is 2. The van der Waals surface area contributed by atoms with Crippen molar-refractivity contribution in [1.82, 2.24) is 14.9 Å². The van der Waals surface area contributed by atoms with Gasteiger partial charge in [-0.15, -0.1) is 0 Å². The second-order valence-corrected chi connectivity index (χ2v) is 6.15. The lowest BCUT2D eigenvalue weighted by molar-refractivity contribution is 0.0738. The SMILES string of the molecule is Cc1ocnc1C(=O)N(CCc1ccc(Cl)cc1)Cc1ccncc1.